The van der Waals surface area contributed by atoms with Crippen LogP contribution in [0.2, 0.25) is 0 Å². The fourth-order valence-corrected chi connectivity index (χ4v) is 3.35. The molecule has 0 bridgehead atoms. The lowest BCUT2D eigenvalue weighted by Crippen LogP contribution is -2.35. The summed E-state index contributed by atoms with van der Waals surface area (Å²) < 4.78 is 15.5. The maximum Gasteiger partial charge on any atom is 0.310 e. The molecule has 7 nitrogen and oxygen atoms in total. The van der Waals surface area contributed by atoms with E-state index in [1.54, 1.807) is 12.1 Å². The Labute approximate surface area is 172 Å². The highest BCUT2D eigenvalue weighted by Gasteiger charge is 2.24. The zero-order chi connectivity index (χ0) is 20.9. The second kappa shape index (κ2) is 8.65. The average molecular weight is 404 g/mol. The summed E-state index contributed by atoms with van der Waals surface area (Å²) >= 11 is 0. The predicted molar refractivity (Wildman–Crippen MR) is 110 cm³/mol. The maximum absolute atomic E-state index is 12.6. The largest absolute Gasteiger partial charge is 0.469 e. The molecule has 0 saturated carbocycles. The molecule has 4 rings (SSSR count). The van der Waals surface area contributed by atoms with Crippen molar-refractivity contribution in [2.45, 2.75) is 6.42 Å². The molecule has 0 fully saturated rings. The number of oxazole rings is 1. The van der Waals surface area contributed by atoms with Gasteiger partial charge in [-0.1, -0.05) is 42.5 Å². The Morgan fingerprint density at radius 3 is 2.67 bits per heavy atom. The molecule has 1 amide bonds. The molecule has 2 heterocycles. The number of aromatic nitrogens is 1. The van der Waals surface area contributed by atoms with E-state index in [1.165, 1.54) is 19.8 Å². The maximum atomic E-state index is 12.6. The van der Waals surface area contributed by atoms with E-state index in [9.17, 15) is 9.59 Å². The molecule has 1 unspecified atom stereocenters. The number of nitrogens with one attached hydrogen (secondary N) is 1. The van der Waals surface area contributed by atoms with Crippen molar-refractivity contribution >= 4 is 22.6 Å². The second-order valence-corrected chi connectivity index (χ2v) is 6.82. The van der Waals surface area contributed by atoms with Gasteiger partial charge in [0.25, 0.3) is 5.91 Å². The number of nitrogens with zero attached hydrogens (tertiary/aromatic N) is 1. The fourth-order valence-electron chi connectivity index (χ4n) is 3.35. The smallest absolute Gasteiger partial charge is 0.310 e. The van der Waals surface area contributed by atoms with Gasteiger partial charge in [-0.15, -0.1) is 0 Å². The number of amides is 1. The molecule has 152 valence electrons. The Kier molecular flexibility index (Phi) is 5.61. The van der Waals surface area contributed by atoms with Gasteiger partial charge in [0.05, 0.1) is 19.3 Å². The number of hydrogen-bond acceptors (Lipinski definition) is 6. The highest BCUT2D eigenvalue weighted by atomic mass is 16.5. The van der Waals surface area contributed by atoms with Gasteiger partial charge in [0.2, 0.25) is 5.76 Å². The van der Waals surface area contributed by atoms with Crippen molar-refractivity contribution < 1.29 is 23.2 Å². The molecule has 0 aliphatic heterocycles. The average Bonchev–Trinajstić information content (AvgIpc) is 3.47. The molecule has 7 heteroatoms. The van der Waals surface area contributed by atoms with Crippen molar-refractivity contribution in [2.75, 3.05) is 13.7 Å². The lowest BCUT2D eigenvalue weighted by atomic mass is 9.97. The van der Waals surface area contributed by atoms with Crippen molar-refractivity contribution in [1.82, 2.24) is 10.3 Å². The number of esters is 1. The van der Waals surface area contributed by atoms with E-state index in [2.05, 4.69) is 10.3 Å². The van der Waals surface area contributed by atoms with Crippen LogP contribution in [0.4, 0.5) is 0 Å². The van der Waals surface area contributed by atoms with Crippen molar-refractivity contribution in [3.05, 3.63) is 78.5 Å². The van der Waals surface area contributed by atoms with E-state index >= 15 is 0 Å². The highest BCUT2D eigenvalue weighted by Crippen LogP contribution is 2.23. The van der Waals surface area contributed by atoms with Crippen molar-refractivity contribution in [1.29, 1.82) is 0 Å². The molecule has 30 heavy (non-hydrogen) atoms. The summed E-state index contributed by atoms with van der Waals surface area (Å²) in [5.74, 6) is -0.753. The van der Waals surface area contributed by atoms with Crippen LogP contribution in [-0.2, 0) is 16.0 Å². The van der Waals surface area contributed by atoms with Gasteiger partial charge in [-0.25, -0.2) is 4.98 Å². The minimum atomic E-state index is -0.543. The van der Waals surface area contributed by atoms with Crippen molar-refractivity contribution in [2.24, 2.45) is 5.92 Å². The van der Waals surface area contributed by atoms with Crippen LogP contribution in [0.1, 0.15) is 16.1 Å². The van der Waals surface area contributed by atoms with Gasteiger partial charge >= 0.3 is 5.97 Å². The van der Waals surface area contributed by atoms with E-state index in [0.717, 1.165) is 16.3 Å². The summed E-state index contributed by atoms with van der Waals surface area (Å²) in [4.78, 5) is 28.9. The Bertz CT molecular complexity index is 1160. The Morgan fingerprint density at radius 2 is 1.90 bits per heavy atom. The second-order valence-electron chi connectivity index (χ2n) is 6.82. The number of carbonyl (C=O) groups excluding carboxylic acids is 2. The first-order valence-electron chi connectivity index (χ1n) is 9.47. The highest BCUT2D eigenvalue weighted by molar-refractivity contribution is 5.97. The van der Waals surface area contributed by atoms with Crippen LogP contribution in [-0.4, -0.2) is 30.5 Å². The minimum Gasteiger partial charge on any atom is -0.469 e. The summed E-state index contributed by atoms with van der Waals surface area (Å²) in [6.45, 7) is 0.1000. The van der Waals surface area contributed by atoms with E-state index in [-0.39, 0.29) is 18.0 Å². The molecule has 2 aromatic carbocycles. The molecular weight excluding hydrogens is 384 g/mol. The molecule has 1 N–H and O–H groups in total. The predicted octanol–water partition coefficient (Wildman–Crippen LogP) is 3.85. The molecule has 4 aromatic rings. The van der Waals surface area contributed by atoms with Crippen LogP contribution in [0, 0.1) is 5.92 Å². The summed E-state index contributed by atoms with van der Waals surface area (Å²) in [6.07, 6.45) is 3.09. The number of ether oxygens (including phenoxy) is 1. The number of methoxy groups -OCH3 is 1. The van der Waals surface area contributed by atoms with Crippen LogP contribution in [0.25, 0.3) is 22.3 Å². The summed E-state index contributed by atoms with van der Waals surface area (Å²) in [7, 11) is 1.34. The van der Waals surface area contributed by atoms with Gasteiger partial charge in [-0.2, -0.15) is 0 Å². The number of hydrogen-bond donors (Lipinski definition) is 1. The molecule has 0 spiro atoms. The monoisotopic (exact) mass is 404 g/mol. The topological polar surface area (TPSA) is 94.6 Å². The van der Waals surface area contributed by atoms with Gasteiger partial charge in [0, 0.05) is 6.54 Å². The molecular formula is C23H20N2O5. The number of rotatable bonds is 7. The lowest BCUT2D eigenvalue weighted by molar-refractivity contribution is -0.145. The van der Waals surface area contributed by atoms with E-state index < -0.39 is 17.8 Å². The Hall–Kier alpha value is -3.87. The SMILES string of the molecule is COC(=O)C(CNC(=O)c1ncoc1-c1ccco1)Cc1ccc2ccccc2c1. The van der Waals surface area contributed by atoms with Crippen LogP contribution >= 0.6 is 0 Å². The number of carbonyl (C=O) groups is 2. The summed E-state index contributed by atoms with van der Waals surface area (Å²) in [6, 6.07) is 17.4. The molecule has 0 aliphatic rings. The number of benzene rings is 2. The van der Waals surface area contributed by atoms with Gasteiger partial charge in [0.1, 0.15) is 0 Å². The van der Waals surface area contributed by atoms with Crippen LogP contribution in [0.15, 0.2) is 76.1 Å². The van der Waals surface area contributed by atoms with E-state index in [4.69, 9.17) is 13.6 Å². The van der Waals surface area contributed by atoms with Crippen molar-refractivity contribution in [3.8, 4) is 11.5 Å². The van der Waals surface area contributed by atoms with Gasteiger partial charge < -0.3 is 18.9 Å². The molecule has 0 radical (unpaired) electrons. The van der Waals surface area contributed by atoms with Crippen LogP contribution < -0.4 is 5.32 Å². The molecule has 0 aliphatic carbocycles. The fraction of sp³-hybridized carbons (Fsp3) is 0.174. The molecule has 2 aromatic heterocycles. The van der Waals surface area contributed by atoms with Crippen LogP contribution in [0.3, 0.4) is 0 Å². The van der Waals surface area contributed by atoms with Crippen molar-refractivity contribution in [3.63, 3.8) is 0 Å². The van der Waals surface area contributed by atoms with Crippen LogP contribution in [0.5, 0.6) is 0 Å². The minimum absolute atomic E-state index is 0.0965. The molecule has 0 saturated heterocycles. The third-order valence-corrected chi connectivity index (χ3v) is 4.87. The lowest BCUT2D eigenvalue weighted by Gasteiger charge is -2.16. The first-order chi connectivity index (χ1) is 14.7. The third-order valence-electron chi connectivity index (χ3n) is 4.87. The third kappa shape index (κ3) is 4.10. The Morgan fingerprint density at radius 1 is 1.07 bits per heavy atom. The zero-order valence-corrected chi connectivity index (χ0v) is 16.3. The van der Waals surface area contributed by atoms with E-state index in [0.29, 0.717) is 12.2 Å². The quantitative estimate of drug-likeness (QED) is 0.470. The summed E-state index contributed by atoms with van der Waals surface area (Å²) in [5.41, 5.74) is 1.08. The molecule has 1 atom stereocenters. The van der Waals surface area contributed by atoms with Gasteiger partial charge in [-0.3, -0.25) is 9.59 Å². The zero-order valence-electron chi connectivity index (χ0n) is 16.3. The van der Waals surface area contributed by atoms with E-state index in [1.807, 2.05) is 42.5 Å². The number of fused-ring (bicyclic) bond motifs is 1. The van der Waals surface area contributed by atoms with Gasteiger partial charge in [-0.05, 0) is 34.9 Å². The first-order valence-corrected chi connectivity index (χ1v) is 9.47. The standard InChI is InChI=1S/C23H20N2O5/c1-28-23(27)18(12-15-8-9-16-5-2-3-6-17(16)11-15)13-24-22(26)20-21(30-14-25-20)19-7-4-10-29-19/h2-11,14,18H,12-13H2,1H3,(H,24,26). The van der Waals surface area contributed by atoms with Gasteiger partial charge in [0.15, 0.2) is 17.8 Å². The summed E-state index contributed by atoms with van der Waals surface area (Å²) in [5, 5.41) is 4.97. The first kappa shape index (κ1) is 19.4. The Balaban J connectivity index is 1.48. The number of furan rings is 1. The normalized spacial score (nSPS) is 11.9.